The lowest BCUT2D eigenvalue weighted by atomic mass is 10.0. The van der Waals surface area contributed by atoms with Crippen LogP contribution in [-0.2, 0) is 11.3 Å². The molecule has 17 heavy (non-hydrogen) atoms. The summed E-state index contributed by atoms with van der Waals surface area (Å²) in [6.45, 7) is 8.07. The van der Waals surface area contributed by atoms with Crippen molar-refractivity contribution in [1.29, 1.82) is 0 Å². The average Bonchev–Trinajstić information content (AvgIpc) is 2.73. The van der Waals surface area contributed by atoms with E-state index < -0.39 is 5.97 Å². The van der Waals surface area contributed by atoms with Gasteiger partial charge in [-0.1, -0.05) is 0 Å². The minimum atomic E-state index is -0.654. The smallest absolute Gasteiger partial charge is 0.308 e. The number of carbonyl (C=O) groups is 1. The maximum atomic E-state index is 11.1. The molecule has 0 aliphatic carbocycles. The zero-order valence-electron chi connectivity index (χ0n) is 10.6. The molecule has 2 heterocycles. The Morgan fingerprint density at radius 1 is 1.59 bits per heavy atom. The first-order valence-electron chi connectivity index (χ1n) is 6.02. The van der Waals surface area contributed by atoms with Crippen molar-refractivity contribution in [3.05, 3.63) is 21.4 Å². The largest absolute Gasteiger partial charge is 0.481 e. The van der Waals surface area contributed by atoms with E-state index >= 15 is 0 Å². The van der Waals surface area contributed by atoms with E-state index in [1.807, 2.05) is 18.3 Å². The van der Waals surface area contributed by atoms with Crippen molar-refractivity contribution in [2.75, 3.05) is 6.54 Å². The third-order valence-electron chi connectivity index (χ3n) is 3.72. The fourth-order valence-corrected chi connectivity index (χ4v) is 3.56. The molecule has 1 aromatic rings. The molecule has 1 aliphatic heterocycles. The first kappa shape index (κ1) is 12.6. The molecule has 0 bridgehead atoms. The Morgan fingerprint density at radius 3 is 2.76 bits per heavy atom. The zero-order valence-corrected chi connectivity index (χ0v) is 11.4. The van der Waals surface area contributed by atoms with Gasteiger partial charge in [-0.25, -0.2) is 0 Å². The molecule has 0 amide bonds. The summed E-state index contributed by atoms with van der Waals surface area (Å²) in [4.78, 5) is 16.0. The molecule has 2 rings (SSSR count). The molecular weight excluding hydrogens is 234 g/mol. The van der Waals surface area contributed by atoms with Crippen LogP contribution in [0.25, 0.3) is 0 Å². The van der Waals surface area contributed by atoms with Gasteiger partial charge < -0.3 is 5.11 Å². The molecule has 94 valence electrons. The predicted octanol–water partition coefficient (Wildman–Crippen LogP) is 2.66. The van der Waals surface area contributed by atoms with Crippen LogP contribution >= 0.6 is 11.3 Å². The van der Waals surface area contributed by atoms with E-state index in [1.54, 1.807) is 0 Å². The number of carboxylic acids is 1. The summed E-state index contributed by atoms with van der Waals surface area (Å²) in [7, 11) is 0. The van der Waals surface area contributed by atoms with Crippen LogP contribution in [0, 0.1) is 19.8 Å². The van der Waals surface area contributed by atoms with Crippen molar-refractivity contribution >= 4 is 17.3 Å². The molecule has 3 nitrogen and oxygen atoms in total. The zero-order chi connectivity index (χ0) is 12.6. The van der Waals surface area contributed by atoms with Gasteiger partial charge in [-0.15, -0.1) is 11.3 Å². The van der Waals surface area contributed by atoms with Gasteiger partial charge in [-0.3, -0.25) is 9.69 Å². The molecule has 0 radical (unpaired) electrons. The summed E-state index contributed by atoms with van der Waals surface area (Å²) in [6.07, 6.45) is 0.776. The summed E-state index contributed by atoms with van der Waals surface area (Å²) in [5.41, 5.74) is 1.35. The van der Waals surface area contributed by atoms with Gasteiger partial charge in [0, 0.05) is 22.3 Å². The van der Waals surface area contributed by atoms with Gasteiger partial charge in [-0.2, -0.15) is 0 Å². The second-order valence-corrected chi connectivity index (χ2v) is 6.34. The number of carboxylic acid groups (broad SMARTS) is 1. The molecule has 1 fully saturated rings. The van der Waals surface area contributed by atoms with E-state index in [0.29, 0.717) is 0 Å². The second-order valence-electron chi connectivity index (χ2n) is 4.88. The van der Waals surface area contributed by atoms with Crippen LogP contribution in [0.1, 0.15) is 28.7 Å². The van der Waals surface area contributed by atoms with E-state index in [4.69, 9.17) is 5.11 Å². The fourth-order valence-electron chi connectivity index (χ4n) is 2.62. The molecule has 1 N–H and O–H groups in total. The lowest BCUT2D eigenvalue weighted by molar-refractivity contribution is -0.142. The Balaban J connectivity index is 2.06. The Hall–Kier alpha value is -0.870. The number of hydrogen-bond acceptors (Lipinski definition) is 3. The number of aryl methyl sites for hydroxylation is 2. The standard InChI is InChI=1S/C13H19NO2S/c1-8-6-11(10(3)17-8)7-14-5-4-12(9(14)2)13(15)16/h6,9,12H,4-5,7H2,1-3H3,(H,15,16). The molecular formula is C13H19NO2S. The van der Waals surface area contributed by atoms with E-state index in [-0.39, 0.29) is 12.0 Å². The van der Waals surface area contributed by atoms with Crippen LogP contribution in [0.3, 0.4) is 0 Å². The summed E-state index contributed by atoms with van der Waals surface area (Å²) in [6, 6.07) is 2.37. The van der Waals surface area contributed by atoms with Crippen molar-refractivity contribution in [1.82, 2.24) is 4.90 Å². The fraction of sp³-hybridized carbons (Fsp3) is 0.615. The third-order valence-corrected chi connectivity index (χ3v) is 4.73. The number of nitrogens with zero attached hydrogens (tertiary/aromatic N) is 1. The SMILES string of the molecule is Cc1cc(CN2CCC(C(=O)O)C2C)c(C)s1. The highest BCUT2D eigenvalue weighted by molar-refractivity contribution is 7.12. The van der Waals surface area contributed by atoms with Gasteiger partial charge in [0.15, 0.2) is 0 Å². The minimum absolute atomic E-state index is 0.145. The molecule has 2 atom stereocenters. The minimum Gasteiger partial charge on any atom is -0.481 e. The van der Waals surface area contributed by atoms with E-state index in [1.165, 1.54) is 15.3 Å². The lowest BCUT2D eigenvalue weighted by Gasteiger charge is -2.22. The Morgan fingerprint density at radius 2 is 2.29 bits per heavy atom. The number of likely N-dealkylation sites (tertiary alicyclic amines) is 1. The van der Waals surface area contributed by atoms with Crippen LogP contribution in [0.4, 0.5) is 0 Å². The van der Waals surface area contributed by atoms with Gasteiger partial charge in [-0.05, 0) is 45.4 Å². The van der Waals surface area contributed by atoms with Crippen LogP contribution in [0.2, 0.25) is 0 Å². The van der Waals surface area contributed by atoms with E-state index in [0.717, 1.165) is 19.5 Å². The van der Waals surface area contributed by atoms with Crippen molar-refractivity contribution in [2.24, 2.45) is 5.92 Å². The number of aliphatic carboxylic acids is 1. The van der Waals surface area contributed by atoms with Gasteiger partial charge in [0.25, 0.3) is 0 Å². The predicted molar refractivity (Wildman–Crippen MR) is 69.4 cm³/mol. The van der Waals surface area contributed by atoms with Crippen LogP contribution in [0.15, 0.2) is 6.07 Å². The molecule has 1 aromatic heterocycles. The molecule has 0 aromatic carbocycles. The summed E-state index contributed by atoms with van der Waals surface area (Å²) < 4.78 is 0. The van der Waals surface area contributed by atoms with E-state index in [9.17, 15) is 4.79 Å². The van der Waals surface area contributed by atoms with Gasteiger partial charge >= 0.3 is 5.97 Å². The van der Waals surface area contributed by atoms with Crippen molar-refractivity contribution in [3.63, 3.8) is 0 Å². The van der Waals surface area contributed by atoms with Gasteiger partial charge in [0.05, 0.1) is 5.92 Å². The quantitative estimate of drug-likeness (QED) is 0.900. The topological polar surface area (TPSA) is 40.5 Å². The first-order chi connectivity index (χ1) is 7.99. The number of thiophene rings is 1. The van der Waals surface area contributed by atoms with E-state index in [2.05, 4.69) is 24.8 Å². The Kier molecular flexibility index (Phi) is 3.54. The molecule has 2 unspecified atom stereocenters. The van der Waals surface area contributed by atoms with Crippen LogP contribution < -0.4 is 0 Å². The molecule has 1 saturated heterocycles. The molecule has 4 heteroatoms. The maximum absolute atomic E-state index is 11.1. The Labute approximate surface area is 106 Å². The van der Waals surface area contributed by atoms with Crippen LogP contribution in [0.5, 0.6) is 0 Å². The second kappa shape index (κ2) is 4.78. The van der Waals surface area contributed by atoms with Gasteiger partial charge in [0.2, 0.25) is 0 Å². The first-order valence-corrected chi connectivity index (χ1v) is 6.83. The Bertz CT molecular complexity index is 427. The highest BCUT2D eigenvalue weighted by Gasteiger charge is 2.35. The maximum Gasteiger partial charge on any atom is 0.308 e. The highest BCUT2D eigenvalue weighted by Crippen LogP contribution is 2.29. The molecule has 0 saturated carbocycles. The van der Waals surface area contributed by atoms with Crippen molar-refractivity contribution < 1.29 is 9.90 Å². The average molecular weight is 253 g/mol. The summed E-state index contributed by atoms with van der Waals surface area (Å²) in [5, 5.41) is 9.10. The molecule has 1 aliphatic rings. The number of hydrogen-bond donors (Lipinski definition) is 1. The van der Waals surface area contributed by atoms with Crippen molar-refractivity contribution in [2.45, 2.75) is 39.8 Å². The lowest BCUT2D eigenvalue weighted by Crippen LogP contribution is -2.32. The third kappa shape index (κ3) is 2.53. The number of rotatable bonds is 3. The highest BCUT2D eigenvalue weighted by atomic mass is 32.1. The normalized spacial score (nSPS) is 25.4. The molecule has 0 spiro atoms. The monoisotopic (exact) mass is 253 g/mol. The van der Waals surface area contributed by atoms with Crippen LogP contribution in [-0.4, -0.2) is 28.6 Å². The van der Waals surface area contributed by atoms with Crippen molar-refractivity contribution in [3.8, 4) is 0 Å². The van der Waals surface area contributed by atoms with Gasteiger partial charge in [0.1, 0.15) is 0 Å². The summed E-state index contributed by atoms with van der Waals surface area (Å²) >= 11 is 1.82. The summed E-state index contributed by atoms with van der Waals surface area (Å²) in [5.74, 6) is -0.853.